The van der Waals surface area contributed by atoms with Gasteiger partial charge in [0.1, 0.15) is 11.9 Å². The lowest BCUT2D eigenvalue weighted by molar-refractivity contribution is -0.684. The van der Waals surface area contributed by atoms with E-state index in [1.165, 1.54) is 12.9 Å². The molecule has 0 saturated carbocycles. The smallest absolute Gasteiger partial charge is 0.305 e. The molecule has 0 bridgehead atoms. The summed E-state index contributed by atoms with van der Waals surface area (Å²) in [5.41, 5.74) is 1.15. The highest BCUT2D eigenvalue weighted by Gasteiger charge is 2.14. The van der Waals surface area contributed by atoms with Crippen LogP contribution in [0.1, 0.15) is 17.9 Å². The standard InChI is InChI=1S/C10H17N2O2.BrH/c1-8-11(2)7-9(12(8)3)5-6-10(13)14-4;/h7H,5-6H2,1-4H3;1H/q+1;/p-1. The minimum absolute atomic E-state index is 0. The predicted octanol–water partition coefficient (Wildman–Crippen LogP) is -2.73. The van der Waals surface area contributed by atoms with E-state index in [4.69, 9.17) is 0 Å². The van der Waals surface area contributed by atoms with Crippen LogP contribution in [0.2, 0.25) is 0 Å². The molecule has 0 aliphatic rings. The van der Waals surface area contributed by atoms with Crippen LogP contribution in [0.4, 0.5) is 0 Å². The van der Waals surface area contributed by atoms with Crippen LogP contribution in [0.15, 0.2) is 6.20 Å². The van der Waals surface area contributed by atoms with Crippen LogP contribution in [0.25, 0.3) is 0 Å². The van der Waals surface area contributed by atoms with Crippen molar-refractivity contribution in [2.24, 2.45) is 14.1 Å². The lowest BCUT2D eigenvalue weighted by Gasteiger charge is -1.96. The number of hydrogen-bond acceptors (Lipinski definition) is 2. The molecule has 0 aromatic carbocycles. The van der Waals surface area contributed by atoms with Gasteiger partial charge in [-0.3, -0.25) is 4.79 Å². The number of halogens is 1. The van der Waals surface area contributed by atoms with Gasteiger partial charge in [0.05, 0.1) is 27.6 Å². The van der Waals surface area contributed by atoms with Crippen molar-refractivity contribution in [2.45, 2.75) is 19.8 Å². The summed E-state index contributed by atoms with van der Waals surface area (Å²) in [5.74, 6) is 1.01. The van der Waals surface area contributed by atoms with E-state index in [2.05, 4.69) is 9.30 Å². The lowest BCUT2D eigenvalue weighted by Crippen LogP contribution is -3.00. The highest BCUT2D eigenvalue weighted by molar-refractivity contribution is 5.69. The molecule has 15 heavy (non-hydrogen) atoms. The highest BCUT2D eigenvalue weighted by atomic mass is 79.9. The molecule has 0 N–H and O–H groups in total. The van der Waals surface area contributed by atoms with Gasteiger partial charge in [0.25, 0.3) is 5.82 Å². The number of hydrogen-bond donors (Lipinski definition) is 0. The van der Waals surface area contributed by atoms with E-state index in [0.717, 1.165) is 12.1 Å². The molecule has 4 nitrogen and oxygen atoms in total. The van der Waals surface area contributed by atoms with Gasteiger partial charge in [-0.05, 0) is 0 Å². The van der Waals surface area contributed by atoms with E-state index in [0.29, 0.717) is 6.42 Å². The summed E-state index contributed by atoms with van der Waals surface area (Å²) in [6, 6.07) is 0. The van der Waals surface area contributed by atoms with E-state index >= 15 is 0 Å². The van der Waals surface area contributed by atoms with Crippen LogP contribution >= 0.6 is 0 Å². The van der Waals surface area contributed by atoms with Crippen LogP contribution in [-0.4, -0.2) is 17.6 Å². The summed E-state index contributed by atoms with van der Waals surface area (Å²) in [5, 5.41) is 0. The zero-order valence-corrected chi connectivity index (χ0v) is 11.2. The number of imidazole rings is 1. The lowest BCUT2D eigenvalue weighted by atomic mass is 10.2. The summed E-state index contributed by atoms with van der Waals surface area (Å²) < 4.78 is 8.73. The number of aromatic nitrogens is 2. The average Bonchev–Trinajstić information content (AvgIpc) is 2.42. The van der Waals surface area contributed by atoms with E-state index in [1.54, 1.807) is 0 Å². The van der Waals surface area contributed by atoms with Crippen molar-refractivity contribution in [3.05, 3.63) is 17.7 Å². The van der Waals surface area contributed by atoms with Gasteiger partial charge in [-0.15, -0.1) is 0 Å². The summed E-state index contributed by atoms with van der Waals surface area (Å²) >= 11 is 0. The van der Waals surface area contributed by atoms with E-state index in [9.17, 15) is 4.79 Å². The number of nitrogens with zero attached hydrogens (tertiary/aromatic N) is 2. The van der Waals surface area contributed by atoms with E-state index in [-0.39, 0.29) is 23.0 Å². The third kappa shape index (κ3) is 3.34. The molecular weight excluding hydrogens is 260 g/mol. The zero-order valence-electron chi connectivity index (χ0n) is 9.58. The first-order valence-electron chi connectivity index (χ1n) is 4.64. The number of aryl methyl sites for hydroxylation is 2. The number of carbonyl (C=O) groups is 1. The minimum atomic E-state index is -0.161. The Morgan fingerprint density at radius 2 is 2.20 bits per heavy atom. The van der Waals surface area contributed by atoms with Crippen molar-refractivity contribution in [3.63, 3.8) is 0 Å². The van der Waals surface area contributed by atoms with Crippen LogP contribution in [-0.2, 0) is 30.0 Å². The molecule has 0 radical (unpaired) electrons. The monoisotopic (exact) mass is 276 g/mol. The highest BCUT2D eigenvalue weighted by Crippen LogP contribution is 2.01. The molecule has 5 heteroatoms. The normalized spacial score (nSPS) is 9.60. The first-order valence-corrected chi connectivity index (χ1v) is 4.64. The third-order valence-electron chi connectivity index (χ3n) is 2.58. The molecule has 0 aliphatic heterocycles. The first-order chi connectivity index (χ1) is 6.56. The van der Waals surface area contributed by atoms with Gasteiger partial charge in [-0.25, -0.2) is 9.13 Å². The van der Waals surface area contributed by atoms with Gasteiger partial charge >= 0.3 is 5.97 Å². The molecular formula is C10H17BrN2O2. The Bertz CT molecular complexity index is 347. The summed E-state index contributed by atoms with van der Waals surface area (Å²) in [6.07, 6.45) is 3.21. The number of carbonyl (C=O) groups excluding carboxylic acids is 1. The van der Waals surface area contributed by atoms with Crippen molar-refractivity contribution >= 4 is 5.97 Å². The molecule has 0 saturated heterocycles. The molecule has 0 atom stereocenters. The molecule has 1 aromatic rings. The fourth-order valence-electron chi connectivity index (χ4n) is 1.41. The van der Waals surface area contributed by atoms with E-state index < -0.39 is 0 Å². The third-order valence-corrected chi connectivity index (χ3v) is 2.58. The number of rotatable bonds is 3. The molecule has 0 unspecified atom stereocenters. The SMILES string of the molecule is COC(=O)CCc1cn(C)c(C)[n+]1C.[Br-]. The fraction of sp³-hybridized carbons (Fsp3) is 0.600. The quantitative estimate of drug-likeness (QED) is 0.444. The molecule has 86 valence electrons. The Kier molecular flexibility index (Phi) is 5.57. The zero-order chi connectivity index (χ0) is 10.7. The minimum Gasteiger partial charge on any atom is -1.00 e. The van der Waals surface area contributed by atoms with Crippen molar-refractivity contribution in [3.8, 4) is 0 Å². The Hall–Kier alpha value is -0.840. The second-order valence-corrected chi connectivity index (χ2v) is 3.41. The number of ether oxygens (including phenoxy) is 1. The number of methoxy groups -OCH3 is 1. The van der Waals surface area contributed by atoms with Crippen LogP contribution in [0.5, 0.6) is 0 Å². The molecule has 0 fully saturated rings. The maximum atomic E-state index is 10.9. The van der Waals surface area contributed by atoms with Gasteiger partial charge in [-0.1, -0.05) is 0 Å². The summed E-state index contributed by atoms with van der Waals surface area (Å²) in [6.45, 7) is 2.04. The van der Waals surface area contributed by atoms with Crippen LogP contribution in [0.3, 0.4) is 0 Å². The molecule has 1 heterocycles. The van der Waals surface area contributed by atoms with Crippen LogP contribution in [0, 0.1) is 6.92 Å². The predicted molar refractivity (Wildman–Crippen MR) is 51.7 cm³/mol. The Morgan fingerprint density at radius 3 is 2.60 bits per heavy atom. The first kappa shape index (κ1) is 14.2. The Labute approximate surface area is 101 Å². The van der Waals surface area contributed by atoms with Gasteiger partial charge in [0.15, 0.2) is 0 Å². The second-order valence-electron chi connectivity index (χ2n) is 3.41. The number of esters is 1. The molecule has 0 aliphatic carbocycles. The maximum absolute atomic E-state index is 10.9. The van der Waals surface area contributed by atoms with Gasteiger partial charge in [0, 0.05) is 13.3 Å². The summed E-state index contributed by atoms with van der Waals surface area (Å²) in [4.78, 5) is 10.9. The van der Waals surface area contributed by atoms with Crippen molar-refractivity contribution in [1.82, 2.24) is 4.57 Å². The van der Waals surface area contributed by atoms with Gasteiger partial charge in [0.2, 0.25) is 0 Å². The molecule has 1 rings (SSSR count). The fourth-order valence-corrected chi connectivity index (χ4v) is 1.41. The second kappa shape index (κ2) is 5.90. The molecule has 1 aromatic heterocycles. The van der Waals surface area contributed by atoms with Gasteiger partial charge < -0.3 is 21.7 Å². The Morgan fingerprint density at radius 1 is 1.60 bits per heavy atom. The largest absolute Gasteiger partial charge is 1.00 e. The van der Waals surface area contributed by atoms with Crippen molar-refractivity contribution < 1.29 is 31.1 Å². The maximum Gasteiger partial charge on any atom is 0.305 e. The molecule has 0 amide bonds. The van der Waals surface area contributed by atoms with Gasteiger partial charge in [-0.2, -0.15) is 0 Å². The van der Waals surface area contributed by atoms with Crippen LogP contribution < -0.4 is 21.5 Å². The Balaban J connectivity index is 0.00000196. The average molecular weight is 277 g/mol. The van der Waals surface area contributed by atoms with E-state index in [1.807, 2.05) is 31.8 Å². The van der Waals surface area contributed by atoms with Crippen molar-refractivity contribution in [1.29, 1.82) is 0 Å². The summed E-state index contributed by atoms with van der Waals surface area (Å²) in [7, 11) is 5.41. The van der Waals surface area contributed by atoms with Crippen molar-refractivity contribution in [2.75, 3.05) is 7.11 Å². The topological polar surface area (TPSA) is 35.1 Å². The molecule has 0 spiro atoms.